The smallest absolute Gasteiger partial charge is 0.810 e. The molecule has 32 nitrogen and oxygen atoms in total. The maximum atomic E-state index is 11.8. The maximum Gasteiger partial charge on any atom is 3.00 e. The van der Waals surface area contributed by atoms with Crippen LogP contribution in [0.2, 0.25) is 0 Å². The fraction of sp³-hybridized carbons (Fsp3) is 0.455. The number of aliphatic hydroxyl groups excluding tert-OH is 8. The first-order valence-corrected chi connectivity index (χ1v) is 30.0. The van der Waals surface area contributed by atoms with Crippen LogP contribution in [0.3, 0.4) is 0 Å². The van der Waals surface area contributed by atoms with Crippen molar-refractivity contribution in [3.05, 3.63) is 93.0 Å². The third kappa shape index (κ3) is 25.4. The molecule has 16 N–H and O–H groups in total. The molecule has 83 heavy (non-hydrogen) atoms. The van der Waals surface area contributed by atoms with Crippen molar-refractivity contribution >= 4 is 68.1 Å². The molecule has 0 aromatic heterocycles. The summed E-state index contributed by atoms with van der Waals surface area (Å²) >= 11 is 0. The fourth-order valence-corrected chi connectivity index (χ4v) is 11.5. The summed E-state index contributed by atoms with van der Waals surface area (Å²) in [5, 5.41) is 159. The van der Waals surface area contributed by atoms with E-state index in [9.17, 15) is 139 Å². The van der Waals surface area contributed by atoms with E-state index in [2.05, 4.69) is 0 Å². The first kappa shape index (κ1) is 80.7. The molecule has 2 radical (unpaired) electrons. The molecular formula is C44H60CaFe2N4O28P4. The Hall–Kier alpha value is -2.30. The number of phenols is 8. The third-order valence-corrected chi connectivity index (χ3v) is 15.1. The van der Waals surface area contributed by atoms with Gasteiger partial charge >= 0.3 is 71.9 Å². The van der Waals surface area contributed by atoms with Crippen LogP contribution in [0.1, 0.15) is 44.5 Å². The molecule has 4 rings (SSSR count). The Labute approximate surface area is 524 Å². The maximum absolute atomic E-state index is 11.8. The molecule has 4 aromatic carbocycles. The van der Waals surface area contributed by atoms with Crippen LogP contribution in [0.15, 0.2) is 48.5 Å². The molecule has 39 heteroatoms. The molecule has 0 saturated carbocycles. The van der Waals surface area contributed by atoms with Gasteiger partial charge in [-0.15, -0.1) is 0 Å². The summed E-state index contributed by atoms with van der Waals surface area (Å²) < 4.78 is 47.0. The molecule has 4 atom stereocenters. The number of benzene rings is 4. The third-order valence-electron chi connectivity index (χ3n) is 12.2. The summed E-state index contributed by atoms with van der Waals surface area (Å²) in [6.07, 6.45) is -5.23. The van der Waals surface area contributed by atoms with Gasteiger partial charge in [0.25, 0.3) is 0 Å². The number of hydrogen-bond acceptors (Lipinski definition) is 32. The Morgan fingerprint density at radius 2 is 0.458 bits per heavy atom. The Morgan fingerprint density at radius 1 is 0.301 bits per heavy atom. The van der Waals surface area contributed by atoms with Gasteiger partial charge in [-0.3, -0.25) is 19.6 Å². The number of rotatable bonds is 30. The predicted octanol–water partition coefficient (Wildman–Crippen LogP) is -7.86. The SMILES string of the molecule is O=P([O-])([O-])CN(Cc1cc(O)c(CO)cc1O)C(CO)C(CO)N(Cc1cc(CO)c(O)cc1O)CP(=O)([O-])[O-].O=P([O-])([O-])CN(Cc1cc(O)c(CO)cc1O)C(CO)C(CO)N(Cc1cc(CO)c(O)cc1O)CP(=O)([O-])[O-].[Ca+2].[Fe+3].[Fe+3]. The topological polar surface area (TPSA) is 589 Å². The molecule has 0 spiro atoms. The zero-order valence-electron chi connectivity index (χ0n) is 43.3. The van der Waals surface area contributed by atoms with Crippen molar-refractivity contribution in [1.29, 1.82) is 0 Å². The zero-order valence-corrected chi connectivity index (χ0v) is 51.3. The number of hydrogen-bond donors (Lipinski definition) is 16. The molecule has 0 fully saturated rings. The monoisotopic (exact) mass is 1370 g/mol. The van der Waals surface area contributed by atoms with Crippen molar-refractivity contribution in [2.75, 3.05) is 51.6 Å². The van der Waals surface area contributed by atoms with Crippen LogP contribution >= 0.6 is 30.4 Å². The van der Waals surface area contributed by atoms with Crippen LogP contribution in [0.25, 0.3) is 0 Å². The summed E-state index contributed by atoms with van der Waals surface area (Å²) in [5.41, 5.74) is -0.930. The molecule has 0 saturated heterocycles. The molecule has 0 aliphatic carbocycles. The summed E-state index contributed by atoms with van der Waals surface area (Å²) in [5.74, 6) is -4.24. The van der Waals surface area contributed by atoms with Crippen LogP contribution in [-0.2, 0) is 105 Å². The van der Waals surface area contributed by atoms with Crippen LogP contribution in [0, 0.1) is 0 Å². The molecule has 0 aliphatic rings. The van der Waals surface area contributed by atoms with Crippen molar-refractivity contribution in [3.63, 3.8) is 0 Å². The summed E-state index contributed by atoms with van der Waals surface area (Å²) in [6, 6.07) is 1.35. The molecule has 0 aliphatic heterocycles. The first-order chi connectivity index (χ1) is 37.1. The summed E-state index contributed by atoms with van der Waals surface area (Å²) in [7, 11) is -21.7. The first-order valence-electron chi connectivity index (χ1n) is 23.1. The van der Waals surface area contributed by atoms with Gasteiger partial charge in [0.1, 0.15) is 46.0 Å². The minimum absolute atomic E-state index is 0. The second-order valence-corrected chi connectivity index (χ2v) is 24.1. The average Bonchev–Trinajstić information content (AvgIpc) is 3.33. The van der Waals surface area contributed by atoms with Gasteiger partial charge in [-0.25, -0.2) is 0 Å². The van der Waals surface area contributed by atoms with E-state index in [0.29, 0.717) is 0 Å². The van der Waals surface area contributed by atoms with Crippen LogP contribution in [0.4, 0.5) is 0 Å². The Kier molecular flexibility index (Phi) is 34.6. The fourth-order valence-electron chi connectivity index (χ4n) is 8.46. The van der Waals surface area contributed by atoms with Gasteiger partial charge in [0, 0.05) is 108 Å². The summed E-state index contributed by atoms with van der Waals surface area (Å²) in [4.78, 5) is 97.2. The molecule has 4 unspecified atom stereocenters. The van der Waals surface area contributed by atoms with Crippen LogP contribution in [0.5, 0.6) is 46.0 Å². The van der Waals surface area contributed by atoms with Crippen molar-refractivity contribution in [3.8, 4) is 46.0 Å². The van der Waals surface area contributed by atoms with Gasteiger partial charge < -0.3 is 139 Å². The average molecular weight is 1370 g/mol. The van der Waals surface area contributed by atoms with Crippen molar-refractivity contribution in [1.82, 2.24) is 19.6 Å². The minimum atomic E-state index is -5.42. The van der Waals surface area contributed by atoms with E-state index in [1.807, 2.05) is 0 Å². The van der Waals surface area contributed by atoms with Gasteiger partial charge in [-0.1, -0.05) is 30.4 Å². The molecule has 4 aromatic rings. The van der Waals surface area contributed by atoms with E-state index in [0.717, 1.165) is 68.1 Å². The number of aliphatic hydroxyl groups is 8. The quantitative estimate of drug-likeness (QED) is 0.0131. The predicted molar refractivity (Wildman–Crippen MR) is 264 cm³/mol. The number of aromatic hydroxyl groups is 8. The van der Waals surface area contributed by atoms with Gasteiger partial charge in [0.15, 0.2) is 0 Å². The largest absolute Gasteiger partial charge is 3.00 e. The second-order valence-electron chi connectivity index (χ2n) is 18.1. The minimum Gasteiger partial charge on any atom is -0.810 e. The van der Waals surface area contributed by atoms with Crippen LogP contribution in [-0.4, -0.2) is 215 Å². The van der Waals surface area contributed by atoms with Crippen molar-refractivity contribution in [2.45, 2.75) is 76.8 Å². The van der Waals surface area contributed by atoms with Gasteiger partial charge in [0.05, 0.1) is 77.0 Å². The van der Waals surface area contributed by atoms with E-state index in [4.69, 9.17) is 0 Å². The van der Waals surface area contributed by atoms with Crippen molar-refractivity contribution in [2.24, 2.45) is 0 Å². The molecule has 0 bridgehead atoms. The number of phenolic OH excluding ortho intramolecular Hbond substituents is 4. The standard InChI is InChI=1S/2C22H34N2O14P2.Ca.2Fe/c2*25-7-15-1-13(21(31)4-22(15)32)5-23(11-39(33,34)35)17(9-27)18(10-28)24(12-40(36,37)38)6-14-2-20(30)16(8-26)3-19(14)29;;;/h2*1-4,17-18,25-32H,5-12H2,(H2,33,34,35)(H2,36,37,38);;;/q;;+2;2*+3/p-8. The van der Waals surface area contributed by atoms with Gasteiger partial charge in [0.2, 0.25) is 0 Å². The Bertz CT molecular complexity index is 2710. The van der Waals surface area contributed by atoms with E-state index in [-0.39, 0.29) is 116 Å². The van der Waals surface area contributed by atoms with E-state index in [1.165, 1.54) is 0 Å². The van der Waals surface area contributed by atoms with E-state index >= 15 is 0 Å². The number of nitrogens with zero attached hydrogens (tertiary/aromatic N) is 4. The molecule has 0 amide bonds. The normalized spacial score (nSPS) is 13.6. The van der Waals surface area contributed by atoms with Crippen LogP contribution < -0.4 is 39.1 Å². The van der Waals surface area contributed by atoms with Gasteiger partial charge in [-0.2, -0.15) is 0 Å². The summed E-state index contributed by atoms with van der Waals surface area (Å²) in [6.45, 7) is -9.34. The van der Waals surface area contributed by atoms with Gasteiger partial charge in [-0.05, 0) is 36.4 Å². The zero-order chi connectivity index (χ0) is 60.8. The Morgan fingerprint density at radius 3 is 0.651 bits per heavy atom. The van der Waals surface area contributed by atoms with Crippen molar-refractivity contribution < 1.29 is 173 Å². The Balaban J connectivity index is 0.00000156. The molecular weight excluding hydrogens is 1310 g/mol. The second kappa shape index (κ2) is 35.6. The molecule has 0 heterocycles. The van der Waals surface area contributed by atoms with E-state index < -0.39 is 205 Å². The molecule has 462 valence electrons. The van der Waals surface area contributed by atoms with E-state index in [1.54, 1.807) is 0 Å².